The van der Waals surface area contributed by atoms with Crippen LogP contribution in [-0.2, 0) is 4.79 Å². The van der Waals surface area contributed by atoms with E-state index < -0.39 is 24.5 Å². The molecule has 0 aliphatic heterocycles. The lowest BCUT2D eigenvalue weighted by molar-refractivity contribution is -0.139. The monoisotopic (exact) mass is 301 g/mol. The van der Waals surface area contributed by atoms with Crippen LogP contribution in [0.1, 0.15) is 30.6 Å². The Balaban J connectivity index is 2.80. The molecule has 116 valence electrons. The van der Waals surface area contributed by atoms with E-state index in [1.165, 1.54) is 18.2 Å². The van der Waals surface area contributed by atoms with E-state index in [-0.39, 0.29) is 23.7 Å². The number of rotatable bonds is 7. The maximum atomic E-state index is 12.1. The van der Waals surface area contributed by atoms with E-state index in [9.17, 15) is 18.4 Å². The molecule has 1 aromatic carbocycles. The number of hydrogen-bond acceptors (Lipinski definition) is 3. The smallest absolute Gasteiger partial charge is 0.387 e. The highest BCUT2D eigenvalue weighted by molar-refractivity contribution is 5.96. The Labute approximate surface area is 120 Å². The van der Waals surface area contributed by atoms with E-state index in [0.29, 0.717) is 0 Å². The lowest BCUT2D eigenvalue weighted by Gasteiger charge is -2.16. The van der Waals surface area contributed by atoms with Crippen molar-refractivity contribution in [1.29, 1.82) is 0 Å². The summed E-state index contributed by atoms with van der Waals surface area (Å²) >= 11 is 0. The van der Waals surface area contributed by atoms with Crippen molar-refractivity contribution >= 4 is 11.9 Å². The van der Waals surface area contributed by atoms with E-state index in [0.717, 1.165) is 6.07 Å². The van der Waals surface area contributed by atoms with Crippen molar-refractivity contribution in [2.45, 2.75) is 32.9 Å². The van der Waals surface area contributed by atoms with Gasteiger partial charge in [-0.2, -0.15) is 8.78 Å². The first kappa shape index (κ1) is 16.9. The number of carboxylic acid groups (broad SMARTS) is 1. The third kappa shape index (κ3) is 5.76. The van der Waals surface area contributed by atoms with Gasteiger partial charge in [-0.3, -0.25) is 4.79 Å². The minimum atomic E-state index is -2.99. The highest BCUT2D eigenvalue weighted by Gasteiger charge is 2.22. The Morgan fingerprint density at radius 3 is 2.52 bits per heavy atom. The summed E-state index contributed by atoms with van der Waals surface area (Å²) in [5.74, 6) is -1.87. The SMILES string of the molecule is CC(C)C[C@@H](NC(=O)c1cccc(OC(F)F)c1)C(=O)O. The number of benzene rings is 1. The van der Waals surface area contributed by atoms with Gasteiger partial charge in [0.2, 0.25) is 0 Å². The Kier molecular flexibility index (Phi) is 6.08. The third-order valence-corrected chi connectivity index (χ3v) is 2.63. The molecule has 7 heteroatoms. The van der Waals surface area contributed by atoms with Crippen LogP contribution in [0.5, 0.6) is 5.75 Å². The maximum absolute atomic E-state index is 12.1. The molecule has 0 radical (unpaired) electrons. The number of carbonyl (C=O) groups excluding carboxylic acids is 1. The quantitative estimate of drug-likeness (QED) is 0.811. The fourth-order valence-corrected chi connectivity index (χ4v) is 1.75. The highest BCUT2D eigenvalue weighted by Crippen LogP contribution is 2.16. The molecule has 21 heavy (non-hydrogen) atoms. The average Bonchev–Trinajstić information content (AvgIpc) is 2.36. The van der Waals surface area contributed by atoms with Gasteiger partial charge < -0.3 is 15.2 Å². The van der Waals surface area contributed by atoms with Gasteiger partial charge in [0.1, 0.15) is 11.8 Å². The van der Waals surface area contributed by atoms with Gasteiger partial charge in [0.15, 0.2) is 0 Å². The molecule has 0 heterocycles. The third-order valence-electron chi connectivity index (χ3n) is 2.63. The van der Waals surface area contributed by atoms with Gasteiger partial charge >= 0.3 is 12.6 Å². The topological polar surface area (TPSA) is 75.6 Å². The Morgan fingerprint density at radius 2 is 2.00 bits per heavy atom. The zero-order valence-electron chi connectivity index (χ0n) is 11.7. The number of aliphatic carboxylic acids is 1. The summed E-state index contributed by atoms with van der Waals surface area (Å²) < 4.78 is 28.4. The summed E-state index contributed by atoms with van der Waals surface area (Å²) in [5, 5.41) is 11.4. The molecule has 1 rings (SSSR count). The number of carbonyl (C=O) groups is 2. The standard InChI is InChI=1S/C14H17F2NO4/c1-8(2)6-11(13(19)20)17-12(18)9-4-3-5-10(7-9)21-14(15)16/h3-5,7-8,11,14H,6H2,1-2H3,(H,17,18)(H,19,20)/t11-/m1/s1. The van der Waals surface area contributed by atoms with Crippen LogP contribution in [-0.4, -0.2) is 29.6 Å². The summed E-state index contributed by atoms with van der Waals surface area (Å²) in [6.45, 7) is 0.675. The van der Waals surface area contributed by atoms with Crippen molar-refractivity contribution in [2.24, 2.45) is 5.92 Å². The first-order chi connectivity index (χ1) is 9.79. The van der Waals surface area contributed by atoms with Crippen molar-refractivity contribution in [3.05, 3.63) is 29.8 Å². The number of alkyl halides is 2. The number of ether oxygens (including phenoxy) is 1. The molecular weight excluding hydrogens is 284 g/mol. The minimum absolute atomic E-state index is 0.0585. The van der Waals surface area contributed by atoms with Crippen molar-refractivity contribution < 1.29 is 28.2 Å². The summed E-state index contributed by atoms with van der Waals surface area (Å²) in [5.41, 5.74) is 0.0585. The first-order valence-corrected chi connectivity index (χ1v) is 6.38. The Hall–Kier alpha value is -2.18. The van der Waals surface area contributed by atoms with Crippen LogP contribution < -0.4 is 10.1 Å². The molecule has 0 spiro atoms. The van der Waals surface area contributed by atoms with E-state index in [1.807, 2.05) is 13.8 Å². The second-order valence-electron chi connectivity index (χ2n) is 4.90. The number of amides is 1. The van der Waals surface area contributed by atoms with Gasteiger partial charge in [-0.1, -0.05) is 19.9 Å². The molecule has 0 saturated heterocycles. The fourth-order valence-electron chi connectivity index (χ4n) is 1.75. The van der Waals surface area contributed by atoms with Crippen molar-refractivity contribution in [3.8, 4) is 5.75 Å². The fraction of sp³-hybridized carbons (Fsp3) is 0.429. The van der Waals surface area contributed by atoms with Crippen molar-refractivity contribution in [2.75, 3.05) is 0 Å². The van der Waals surface area contributed by atoms with Gasteiger partial charge in [-0.25, -0.2) is 4.79 Å². The molecular formula is C14H17F2NO4. The minimum Gasteiger partial charge on any atom is -0.480 e. The molecule has 0 aliphatic rings. The first-order valence-electron chi connectivity index (χ1n) is 6.38. The van der Waals surface area contributed by atoms with Gasteiger partial charge in [-0.15, -0.1) is 0 Å². The van der Waals surface area contributed by atoms with E-state index >= 15 is 0 Å². The lowest BCUT2D eigenvalue weighted by atomic mass is 10.0. The van der Waals surface area contributed by atoms with E-state index in [1.54, 1.807) is 0 Å². The van der Waals surface area contributed by atoms with Crippen LogP contribution in [0.2, 0.25) is 0 Å². The van der Waals surface area contributed by atoms with E-state index in [2.05, 4.69) is 10.1 Å². The van der Waals surface area contributed by atoms with Crippen LogP contribution in [0.15, 0.2) is 24.3 Å². The van der Waals surface area contributed by atoms with Gasteiger partial charge in [-0.05, 0) is 30.5 Å². The predicted octanol–water partition coefficient (Wildman–Crippen LogP) is 2.52. The zero-order chi connectivity index (χ0) is 16.0. The lowest BCUT2D eigenvalue weighted by Crippen LogP contribution is -2.41. The molecule has 0 bridgehead atoms. The molecule has 1 atom stereocenters. The molecule has 5 nitrogen and oxygen atoms in total. The summed E-state index contributed by atoms with van der Waals surface area (Å²) in [4.78, 5) is 23.0. The number of carboxylic acids is 1. The summed E-state index contributed by atoms with van der Waals surface area (Å²) in [7, 11) is 0. The maximum Gasteiger partial charge on any atom is 0.387 e. The number of nitrogens with one attached hydrogen (secondary N) is 1. The van der Waals surface area contributed by atoms with Crippen molar-refractivity contribution in [1.82, 2.24) is 5.32 Å². The zero-order valence-corrected chi connectivity index (χ0v) is 11.7. The molecule has 2 N–H and O–H groups in total. The van der Waals surface area contributed by atoms with Gasteiger partial charge in [0.25, 0.3) is 5.91 Å². The second kappa shape index (κ2) is 7.56. The van der Waals surface area contributed by atoms with Crippen LogP contribution in [0.4, 0.5) is 8.78 Å². The number of hydrogen-bond donors (Lipinski definition) is 2. The molecule has 0 fully saturated rings. The molecule has 0 aromatic heterocycles. The largest absolute Gasteiger partial charge is 0.480 e. The number of halogens is 2. The summed E-state index contributed by atoms with van der Waals surface area (Å²) in [6.07, 6.45) is 0.272. The van der Waals surface area contributed by atoms with Crippen LogP contribution in [0.3, 0.4) is 0 Å². The molecule has 1 amide bonds. The predicted molar refractivity (Wildman–Crippen MR) is 71.4 cm³/mol. The van der Waals surface area contributed by atoms with Crippen molar-refractivity contribution in [3.63, 3.8) is 0 Å². The summed E-state index contributed by atoms with van der Waals surface area (Å²) in [6, 6.07) is 4.16. The molecule has 1 aromatic rings. The van der Waals surface area contributed by atoms with Gasteiger partial charge in [0, 0.05) is 5.56 Å². The molecule has 0 aliphatic carbocycles. The van der Waals surface area contributed by atoms with Crippen LogP contribution in [0.25, 0.3) is 0 Å². The van der Waals surface area contributed by atoms with Crippen LogP contribution in [0, 0.1) is 5.92 Å². The average molecular weight is 301 g/mol. The molecule has 0 unspecified atom stereocenters. The van der Waals surface area contributed by atoms with Crippen LogP contribution >= 0.6 is 0 Å². The van der Waals surface area contributed by atoms with E-state index in [4.69, 9.17) is 5.11 Å². The highest BCUT2D eigenvalue weighted by atomic mass is 19.3. The molecule has 0 saturated carbocycles. The Morgan fingerprint density at radius 1 is 1.33 bits per heavy atom. The normalized spacial score (nSPS) is 12.3. The Bertz CT molecular complexity index is 506. The second-order valence-corrected chi connectivity index (χ2v) is 4.90. The van der Waals surface area contributed by atoms with Gasteiger partial charge in [0.05, 0.1) is 0 Å².